The van der Waals surface area contributed by atoms with Crippen molar-refractivity contribution in [2.24, 2.45) is 4.99 Å². The first kappa shape index (κ1) is 19.9. The molecule has 140 valence electrons. The smallest absolute Gasteiger partial charge is 0.267 e. The number of rotatable bonds is 7. The monoisotopic (exact) mass is 374 g/mol. The number of aromatic nitrogens is 2. The highest BCUT2D eigenvalue weighted by Gasteiger charge is 2.13. The SMILES string of the molecule is CCN(CC)c1ccc(N=Cc2c(O)n(CC)c(=S)n(CC)c2=O)cc1. The van der Waals surface area contributed by atoms with Gasteiger partial charge < -0.3 is 10.0 Å². The lowest BCUT2D eigenvalue weighted by molar-refractivity contribution is 0.399. The van der Waals surface area contributed by atoms with E-state index in [0.29, 0.717) is 23.5 Å². The quantitative estimate of drug-likeness (QED) is 0.593. The van der Waals surface area contributed by atoms with Crippen molar-refractivity contribution in [1.82, 2.24) is 9.13 Å². The van der Waals surface area contributed by atoms with Crippen LogP contribution in [-0.2, 0) is 13.1 Å². The number of aliphatic imine (C=N–C) groups is 1. The molecule has 0 radical (unpaired) electrons. The summed E-state index contributed by atoms with van der Waals surface area (Å²) in [5.41, 5.74) is 1.66. The minimum atomic E-state index is -0.330. The maximum atomic E-state index is 12.6. The van der Waals surface area contributed by atoms with E-state index in [9.17, 15) is 9.90 Å². The molecule has 0 unspecified atom stereocenters. The highest BCUT2D eigenvalue weighted by molar-refractivity contribution is 7.71. The minimum Gasteiger partial charge on any atom is -0.494 e. The molecule has 0 atom stereocenters. The third-order valence-electron chi connectivity index (χ3n) is 4.39. The zero-order valence-corrected chi connectivity index (χ0v) is 16.6. The van der Waals surface area contributed by atoms with Crippen LogP contribution in [0.5, 0.6) is 5.88 Å². The van der Waals surface area contributed by atoms with Crippen LogP contribution in [0.2, 0.25) is 0 Å². The molecule has 0 bridgehead atoms. The maximum Gasteiger partial charge on any atom is 0.267 e. The van der Waals surface area contributed by atoms with Crippen LogP contribution in [0.15, 0.2) is 34.1 Å². The predicted octanol–water partition coefficient (Wildman–Crippen LogP) is 3.72. The van der Waals surface area contributed by atoms with Gasteiger partial charge in [0.15, 0.2) is 4.77 Å². The van der Waals surface area contributed by atoms with E-state index in [1.54, 1.807) is 0 Å². The standard InChI is InChI=1S/C19H26N4O2S/c1-5-21(6-2)15-11-9-14(10-12-15)20-13-16-17(24)22(7-3)19(26)23(8-4)18(16)25/h9-13,24H,5-8H2,1-4H3. The molecule has 1 aromatic carbocycles. The molecule has 0 aliphatic carbocycles. The second kappa shape index (κ2) is 8.80. The molecule has 0 aliphatic rings. The van der Waals surface area contributed by atoms with Crippen molar-refractivity contribution >= 4 is 29.8 Å². The normalized spacial score (nSPS) is 11.2. The van der Waals surface area contributed by atoms with E-state index in [1.807, 2.05) is 38.1 Å². The molecule has 1 aromatic heterocycles. The molecule has 0 amide bonds. The highest BCUT2D eigenvalue weighted by atomic mass is 32.1. The zero-order valence-electron chi connectivity index (χ0n) is 15.8. The molecule has 0 spiro atoms. The highest BCUT2D eigenvalue weighted by Crippen LogP contribution is 2.20. The van der Waals surface area contributed by atoms with E-state index in [0.717, 1.165) is 18.8 Å². The van der Waals surface area contributed by atoms with Gasteiger partial charge in [-0.1, -0.05) is 0 Å². The summed E-state index contributed by atoms with van der Waals surface area (Å²) < 4.78 is 3.31. The predicted molar refractivity (Wildman–Crippen MR) is 110 cm³/mol. The summed E-state index contributed by atoms with van der Waals surface area (Å²) in [5, 5.41) is 10.4. The van der Waals surface area contributed by atoms with Crippen LogP contribution < -0.4 is 10.5 Å². The first-order valence-corrected chi connectivity index (χ1v) is 9.34. The van der Waals surface area contributed by atoms with Crippen LogP contribution >= 0.6 is 12.2 Å². The molecule has 1 N–H and O–H groups in total. The molecule has 26 heavy (non-hydrogen) atoms. The van der Waals surface area contributed by atoms with Crippen LogP contribution in [0.25, 0.3) is 0 Å². The van der Waals surface area contributed by atoms with Crippen LogP contribution in [0, 0.1) is 4.77 Å². The van der Waals surface area contributed by atoms with Crippen molar-refractivity contribution in [2.45, 2.75) is 40.8 Å². The second-order valence-corrected chi connectivity index (χ2v) is 6.13. The summed E-state index contributed by atoms with van der Waals surface area (Å²) in [7, 11) is 0. The van der Waals surface area contributed by atoms with E-state index < -0.39 is 0 Å². The number of benzene rings is 1. The van der Waals surface area contributed by atoms with E-state index in [2.05, 4.69) is 23.7 Å². The Balaban J connectivity index is 2.42. The van der Waals surface area contributed by atoms with Crippen LogP contribution in [-0.4, -0.2) is 33.5 Å². The first-order chi connectivity index (χ1) is 12.5. The molecule has 0 saturated heterocycles. The van der Waals surface area contributed by atoms with Gasteiger partial charge in [0, 0.05) is 38.1 Å². The summed E-state index contributed by atoms with van der Waals surface area (Å²) in [5.74, 6) is -0.143. The van der Waals surface area contributed by atoms with Gasteiger partial charge in [-0.25, -0.2) is 0 Å². The summed E-state index contributed by atoms with van der Waals surface area (Å²) >= 11 is 5.28. The number of anilines is 1. The Morgan fingerprint density at radius 1 is 1.08 bits per heavy atom. The van der Waals surface area contributed by atoms with Gasteiger partial charge in [-0.15, -0.1) is 0 Å². The summed E-state index contributed by atoms with van der Waals surface area (Å²) in [4.78, 5) is 19.2. The van der Waals surface area contributed by atoms with E-state index in [-0.39, 0.29) is 17.0 Å². The molecule has 0 aliphatic heterocycles. The van der Waals surface area contributed by atoms with Gasteiger partial charge in [0.1, 0.15) is 5.56 Å². The third-order valence-corrected chi connectivity index (χ3v) is 4.83. The fourth-order valence-corrected chi connectivity index (χ4v) is 3.29. The molecular weight excluding hydrogens is 348 g/mol. The molecule has 2 aromatic rings. The molecule has 2 rings (SSSR count). The summed E-state index contributed by atoms with van der Waals surface area (Å²) in [6.07, 6.45) is 1.41. The first-order valence-electron chi connectivity index (χ1n) is 8.94. The molecule has 0 saturated carbocycles. The number of nitrogens with zero attached hydrogens (tertiary/aromatic N) is 4. The van der Waals surface area contributed by atoms with Crippen LogP contribution in [0.4, 0.5) is 11.4 Å². The fraction of sp³-hybridized carbons (Fsp3) is 0.421. The van der Waals surface area contributed by atoms with Crippen molar-refractivity contribution in [3.8, 4) is 5.88 Å². The molecule has 1 heterocycles. The maximum absolute atomic E-state index is 12.6. The zero-order chi connectivity index (χ0) is 19.3. The van der Waals surface area contributed by atoms with Gasteiger partial charge in [-0.3, -0.25) is 18.9 Å². The Labute approximate surface area is 159 Å². The van der Waals surface area contributed by atoms with Gasteiger partial charge in [0.05, 0.1) is 5.69 Å². The van der Waals surface area contributed by atoms with Crippen molar-refractivity contribution in [3.05, 3.63) is 45.0 Å². The Hall–Kier alpha value is -2.41. The van der Waals surface area contributed by atoms with Crippen molar-refractivity contribution in [2.75, 3.05) is 18.0 Å². The van der Waals surface area contributed by atoms with Gasteiger partial charge in [0.2, 0.25) is 5.88 Å². The van der Waals surface area contributed by atoms with E-state index in [4.69, 9.17) is 12.2 Å². The Kier molecular flexibility index (Phi) is 6.74. The number of aromatic hydroxyl groups is 1. The van der Waals surface area contributed by atoms with Crippen molar-refractivity contribution < 1.29 is 5.11 Å². The van der Waals surface area contributed by atoms with Gasteiger partial charge in [-0.2, -0.15) is 0 Å². The van der Waals surface area contributed by atoms with Crippen molar-refractivity contribution in [1.29, 1.82) is 0 Å². The molecular formula is C19H26N4O2S. The lowest BCUT2D eigenvalue weighted by Crippen LogP contribution is -2.27. The topological polar surface area (TPSA) is 62.8 Å². The largest absolute Gasteiger partial charge is 0.494 e. The van der Waals surface area contributed by atoms with E-state index >= 15 is 0 Å². The Bertz CT molecular complexity index is 893. The Morgan fingerprint density at radius 2 is 1.65 bits per heavy atom. The molecule has 6 nitrogen and oxygen atoms in total. The summed E-state index contributed by atoms with van der Waals surface area (Å²) in [6.45, 7) is 10.7. The van der Waals surface area contributed by atoms with Crippen LogP contribution in [0.1, 0.15) is 33.3 Å². The average molecular weight is 375 g/mol. The number of hydrogen-bond acceptors (Lipinski definition) is 5. The second-order valence-electron chi connectivity index (χ2n) is 5.76. The third kappa shape index (κ3) is 3.88. The van der Waals surface area contributed by atoms with Gasteiger partial charge in [0.25, 0.3) is 5.56 Å². The van der Waals surface area contributed by atoms with Crippen LogP contribution in [0.3, 0.4) is 0 Å². The van der Waals surface area contributed by atoms with Crippen molar-refractivity contribution in [3.63, 3.8) is 0 Å². The summed E-state index contributed by atoms with van der Waals surface area (Å²) in [6, 6.07) is 7.80. The molecule has 7 heteroatoms. The molecule has 0 fully saturated rings. The van der Waals surface area contributed by atoms with E-state index in [1.165, 1.54) is 15.3 Å². The lowest BCUT2D eigenvalue weighted by Gasteiger charge is -2.20. The van der Waals surface area contributed by atoms with Gasteiger partial charge >= 0.3 is 0 Å². The number of hydrogen-bond donors (Lipinski definition) is 1. The van der Waals surface area contributed by atoms with Gasteiger partial charge in [-0.05, 0) is 64.2 Å². The minimum absolute atomic E-state index is 0.143. The fourth-order valence-electron chi connectivity index (χ4n) is 2.86. The Morgan fingerprint density at radius 3 is 2.15 bits per heavy atom. The lowest BCUT2D eigenvalue weighted by atomic mass is 10.2. The average Bonchev–Trinajstić information content (AvgIpc) is 2.64.